The van der Waals surface area contributed by atoms with Crippen molar-refractivity contribution in [3.63, 3.8) is 0 Å². The first kappa shape index (κ1) is 29.1. The minimum atomic E-state index is -1.44. The molecule has 8 heteroatoms. The third kappa shape index (κ3) is 4.60. The molecule has 3 aliphatic heterocycles. The van der Waals surface area contributed by atoms with Crippen LogP contribution in [0.25, 0.3) is 0 Å². The number of rotatable bonds is 3. The summed E-state index contributed by atoms with van der Waals surface area (Å²) in [5.41, 5.74) is -0.146. The summed E-state index contributed by atoms with van der Waals surface area (Å²) in [4.78, 5) is 16.6. The Bertz CT molecular complexity index is 991. The Hall–Kier alpha value is -0.610. The van der Waals surface area contributed by atoms with Crippen LogP contribution in [0.3, 0.4) is 0 Å². The van der Waals surface area contributed by atoms with Crippen LogP contribution in [0, 0.1) is 58.7 Å². The summed E-state index contributed by atoms with van der Waals surface area (Å²) < 4.78 is 12.0. The molecule has 7 aliphatic rings. The zero-order valence-corrected chi connectivity index (χ0v) is 25.2. The van der Waals surface area contributed by atoms with Crippen molar-refractivity contribution in [2.75, 3.05) is 19.7 Å². The Morgan fingerprint density at radius 2 is 1.68 bits per heavy atom. The van der Waals surface area contributed by atoms with E-state index in [9.17, 15) is 25.2 Å². The third-order valence-electron chi connectivity index (χ3n) is 13.9. The number of ether oxygens (including phenoxy) is 2. The van der Waals surface area contributed by atoms with E-state index in [1.165, 1.54) is 45.2 Å². The molecule has 0 aromatic heterocycles. The number of hydrogen-bond acceptors (Lipinski definition) is 8. The van der Waals surface area contributed by atoms with Gasteiger partial charge in [-0.05, 0) is 104 Å². The fourth-order valence-electron chi connectivity index (χ4n) is 11.9. The molecule has 0 aromatic carbocycles. The van der Waals surface area contributed by atoms with Gasteiger partial charge in [0.15, 0.2) is 6.29 Å². The second-order valence-electron chi connectivity index (χ2n) is 15.8. The van der Waals surface area contributed by atoms with Gasteiger partial charge in [0.05, 0.1) is 12.7 Å². The number of carbonyl (C=O) groups is 1. The van der Waals surface area contributed by atoms with Crippen molar-refractivity contribution in [3.05, 3.63) is 0 Å². The lowest BCUT2D eigenvalue weighted by Crippen LogP contribution is -2.60. The topological polar surface area (TPSA) is 120 Å². The summed E-state index contributed by atoms with van der Waals surface area (Å²) in [5.74, 6) is 5.97. The lowest BCUT2D eigenvalue weighted by molar-refractivity contribution is -0.316. The number of aliphatic hydroxyl groups excluding tert-OH is 4. The second kappa shape index (κ2) is 10.8. The normalized spacial score (nSPS) is 57.2. The van der Waals surface area contributed by atoms with E-state index in [0.717, 1.165) is 49.0 Å². The molecule has 0 aromatic rings. The Morgan fingerprint density at radius 3 is 2.46 bits per heavy atom. The van der Waals surface area contributed by atoms with Crippen molar-refractivity contribution in [1.29, 1.82) is 0 Å². The summed E-state index contributed by atoms with van der Waals surface area (Å²) in [6.45, 7) is 9.33. The van der Waals surface area contributed by atoms with Crippen LogP contribution in [0.1, 0.15) is 78.6 Å². The smallest absolute Gasteiger partial charge is 0.186 e. The SMILES string of the molecule is CC1CCC2C(C)C3CCC4C(CC5C4CC(=O)C4CCC(OC6OC(CO)C(O)C(O)C6O)CC45C)C3CN2C1. The monoisotopic (exact) mass is 575 g/mol. The molecule has 7 fully saturated rings. The van der Waals surface area contributed by atoms with Gasteiger partial charge >= 0.3 is 0 Å². The molecule has 4 aliphatic carbocycles. The van der Waals surface area contributed by atoms with Gasteiger partial charge in [-0.15, -0.1) is 0 Å². The number of Topliss-reactive ketones (excluding diaryl/α,β-unsaturated/α-hetero) is 1. The van der Waals surface area contributed by atoms with Crippen LogP contribution < -0.4 is 0 Å². The molecule has 3 heterocycles. The predicted molar refractivity (Wildman–Crippen MR) is 151 cm³/mol. The maximum atomic E-state index is 13.7. The van der Waals surface area contributed by atoms with Gasteiger partial charge in [-0.1, -0.05) is 20.8 Å². The summed E-state index contributed by atoms with van der Waals surface area (Å²) in [7, 11) is 0. The highest BCUT2D eigenvalue weighted by Gasteiger charge is 2.63. The predicted octanol–water partition coefficient (Wildman–Crippen LogP) is 2.60. The molecule has 17 atom stereocenters. The largest absolute Gasteiger partial charge is 0.394 e. The van der Waals surface area contributed by atoms with Gasteiger partial charge in [-0.25, -0.2) is 0 Å². The van der Waals surface area contributed by atoms with Gasteiger partial charge in [0.25, 0.3) is 0 Å². The van der Waals surface area contributed by atoms with E-state index in [1.807, 2.05) is 0 Å². The van der Waals surface area contributed by atoms with Gasteiger partial charge < -0.3 is 29.9 Å². The fraction of sp³-hybridized carbons (Fsp3) is 0.970. The number of hydrogen-bond donors (Lipinski definition) is 4. The molecule has 4 N–H and O–H groups in total. The van der Waals surface area contributed by atoms with E-state index in [0.29, 0.717) is 35.9 Å². The molecule has 4 saturated carbocycles. The molecule has 232 valence electrons. The third-order valence-corrected chi connectivity index (χ3v) is 13.9. The van der Waals surface area contributed by atoms with E-state index >= 15 is 0 Å². The van der Waals surface area contributed by atoms with Crippen LogP contribution in [0.5, 0.6) is 0 Å². The summed E-state index contributed by atoms with van der Waals surface area (Å²) in [6.07, 6.45) is 3.04. The number of fused-ring (bicyclic) bond motifs is 8. The average molecular weight is 576 g/mol. The van der Waals surface area contributed by atoms with E-state index in [1.54, 1.807) is 0 Å². The van der Waals surface area contributed by atoms with Crippen molar-refractivity contribution in [2.24, 2.45) is 58.7 Å². The molecular formula is C33H53NO7. The molecule has 0 spiro atoms. The van der Waals surface area contributed by atoms with Crippen LogP contribution in [0.2, 0.25) is 0 Å². The van der Waals surface area contributed by atoms with Crippen LogP contribution in [0.4, 0.5) is 0 Å². The minimum Gasteiger partial charge on any atom is -0.394 e. The quantitative estimate of drug-likeness (QED) is 0.379. The van der Waals surface area contributed by atoms with Gasteiger partial charge in [0, 0.05) is 31.5 Å². The molecule has 7 rings (SSSR count). The number of nitrogens with zero attached hydrogens (tertiary/aromatic N) is 1. The molecule has 3 saturated heterocycles. The maximum Gasteiger partial charge on any atom is 0.186 e. The van der Waals surface area contributed by atoms with Crippen LogP contribution in [-0.2, 0) is 14.3 Å². The summed E-state index contributed by atoms with van der Waals surface area (Å²) in [6, 6.07) is 0.759. The molecule has 0 radical (unpaired) electrons. The first-order valence-electron chi connectivity index (χ1n) is 16.8. The van der Waals surface area contributed by atoms with Crippen LogP contribution in [0.15, 0.2) is 0 Å². The second-order valence-corrected chi connectivity index (χ2v) is 15.8. The van der Waals surface area contributed by atoms with E-state index < -0.39 is 37.3 Å². The number of carbonyl (C=O) groups excluding carboxylic acids is 1. The highest BCUT2D eigenvalue weighted by atomic mass is 16.7. The van der Waals surface area contributed by atoms with Crippen molar-refractivity contribution < 1.29 is 34.7 Å². The van der Waals surface area contributed by atoms with Gasteiger partial charge in [-0.3, -0.25) is 9.69 Å². The van der Waals surface area contributed by atoms with Gasteiger partial charge in [-0.2, -0.15) is 0 Å². The number of ketones is 1. The molecule has 41 heavy (non-hydrogen) atoms. The number of aliphatic hydroxyl groups is 4. The Labute approximate surface area is 245 Å². The zero-order valence-electron chi connectivity index (χ0n) is 25.2. The zero-order chi connectivity index (χ0) is 28.8. The van der Waals surface area contributed by atoms with E-state index in [4.69, 9.17) is 9.47 Å². The molecule has 17 unspecified atom stereocenters. The lowest BCUT2D eigenvalue weighted by Gasteiger charge is -2.56. The van der Waals surface area contributed by atoms with Gasteiger partial charge in [0.2, 0.25) is 0 Å². The molecule has 0 amide bonds. The fourth-order valence-corrected chi connectivity index (χ4v) is 11.9. The van der Waals surface area contributed by atoms with Crippen molar-refractivity contribution >= 4 is 5.78 Å². The van der Waals surface area contributed by atoms with E-state index in [2.05, 4.69) is 25.7 Å². The van der Waals surface area contributed by atoms with E-state index in [-0.39, 0.29) is 17.4 Å². The lowest BCUT2D eigenvalue weighted by atomic mass is 9.51. The highest BCUT2D eigenvalue weighted by molar-refractivity contribution is 5.83. The highest BCUT2D eigenvalue weighted by Crippen LogP contribution is 2.66. The van der Waals surface area contributed by atoms with Crippen molar-refractivity contribution in [2.45, 2.75) is 121 Å². The standard InChI is InChI=1S/C33H53NO7/c1-16-4-9-26-17(2)19-6-7-20-21(23(19)14-34(26)13-16)10-25-22(20)11-27(36)24-8-5-18(12-33(24,25)3)40-32-31(39)30(38)29(37)28(15-35)41-32/h16-26,28-32,35,37-39H,4-15H2,1-3H3. The summed E-state index contributed by atoms with van der Waals surface area (Å²) >= 11 is 0. The number of piperidine rings is 2. The van der Waals surface area contributed by atoms with Crippen LogP contribution >= 0.6 is 0 Å². The average Bonchev–Trinajstić information content (AvgIpc) is 3.33. The Kier molecular flexibility index (Phi) is 7.66. The first-order chi connectivity index (χ1) is 19.6. The maximum absolute atomic E-state index is 13.7. The first-order valence-corrected chi connectivity index (χ1v) is 16.8. The van der Waals surface area contributed by atoms with Gasteiger partial charge in [0.1, 0.15) is 30.2 Å². The van der Waals surface area contributed by atoms with Crippen LogP contribution in [-0.4, -0.2) is 93.7 Å². The molecular weight excluding hydrogens is 522 g/mol. The van der Waals surface area contributed by atoms with Crippen molar-refractivity contribution in [1.82, 2.24) is 4.90 Å². The van der Waals surface area contributed by atoms with Crippen molar-refractivity contribution in [3.8, 4) is 0 Å². The summed E-state index contributed by atoms with van der Waals surface area (Å²) in [5, 5.41) is 40.7. The Balaban J connectivity index is 1.10. The minimum absolute atomic E-state index is 0.0620. The molecule has 8 nitrogen and oxygen atoms in total. The molecule has 0 bridgehead atoms. The Morgan fingerprint density at radius 1 is 0.902 bits per heavy atom.